The molecule has 1 aliphatic rings. The third kappa shape index (κ3) is 6.89. The van der Waals surface area contributed by atoms with Crippen LogP contribution in [0.25, 0.3) is 0 Å². The molecule has 0 heterocycles. The number of hydrogen-bond acceptors (Lipinski definition) is 3. The second kappa shape index (κ2) is 9.27. The van der Waals surface area contributed by atoms with Crippen LogP contribution in [0.2, 0.25) is 0 Å². The summed E-state index contributed by atoms with van der Waals surface area (Å²) in [5.41, 5.74) is 0.500. The van der Waals surface area contributed by atoms with Crippen molar-refractivity contribution in [3.05, 3.63) is 28.2 Å². The Balaban J connectivity index is 0.00000242. The molecule has 1 aromatic carbocycles. The molecule has 1 amide bonds. The van der Waals surface area contributed by atoms with Crippen molar-refractivity contribution in [3.63, 3.8) is 0 Å². The first-order valence-corrected chi connectivity index (χ1v) is 7.54. The number of amides is 1. The predicted octanol–water partition coefficient (Wildman–Crippen LogP) is 3.09. The Bertz CT molecular complexity index is 502. The largest absolute Gasteiger partial charge is 0.434 e. The van der Waals surface area contributed by atoms with E-state index in [2.05, 4.69) is 31.3 Å². The van der Waals surface area contributed by atoms with Gasteiger partial charge in [-0.1, -0.05) is 15.9 Å². The summed E-state index contributed by atoms with van der Waals surface area (Å²) >= 11 is 3.27. The molecule has 0 radical (unpaired) electrons. The van der Waals surface area contributed by atoms with E-state index < -0.39 is 6.61 Å². The van der Waals surface area contributed by atoms with Crippen molar-refractivity contribution < 1.29 is 18.3 Å². The summed E-state index contributed by atoms with van der Waals surface area (Å²) in [5, 5.41) is 5.76. The van der Waals surface area contributed by atoms with E-state index >= 15 is 0 Å². The number of benzene rings is 1. The summed E-state index contributed by atoms with van der Waals surface area (Å²) in [6, 6.07) is 4.71. The zero-order valence-electron chi connectivity index (χ0n) is 11.8. The van der Waals surface area contributed by atoms with Crippen molar-refractivity contribution in [2.75, 3.05) is 13.1 Å². The summed E-state index contributed by atoms with van der Waals surface area (Å²) < 4.78 is 29.8. The Kier molecular flexibility index (Phi) is 8.06. The fourth-order valence-electron chi connectivity index (χ4n) is 1.87. The molecule has 0 unspecified atom stereocenters. The standard InChI is InChI=1S/C14H17BrF2N2O2.ClH/c15-11-3-4-12(21-14(16)17)10(5-11)7-19-13(20)8-18-6-9-1-2-9;/h3-5,9,14,18H,1-2,6-8H2,(H,19,20);1H. The Labute approximate surface area is 142 Å². The van der Waals surface area contributed by atoms with E-state index in [0.29, 0.717) is 11.5 Å². The van der Waals surface area contributed by atoms with Gasteiger partial charge in [0.15, 0.2) is 0 Å². The maximum absolute atomic E-state index is 12.3. The van der Waals surface area contributed by atoms with Gasteiger partial charge in [-0.05, 0) is 43.5 Å². The Morgan fingerprint density at radius 1 is 1.41 bits per heavy atom. The molecule has 2 rings (SSSR count). The Hall–Kier alpha value is -0.920. The van der Waals surface area contributed by atoms with Gasteiger partial charge < -0.3 is 15.4 Å². The molecule has 1 fully saturated rings. The van der Waals surface area contributed by atoms with Gasteiger partial charge in [0.05, 0.1) is 6.54 Å². The fraction of sp³-hybridized carbons (Fsp3) is 0.500. The summed E-state index contributed by atoms with van der Waals surface area (Å²) in [5.74, 6) is 0.604. The van der Waals surface area contributed by atoms with Crippen LogP contribution >= 0.6 is 28.3 Å². The van der Waals surface area contributed by atoms with E-state index in [1.54, 1.807) is 12.1 Å². The third-order valence-electron chi connectivity index (χ3n) is 3.13. The Morgan fingerprint density at radius 2 is 2.14 bits per heavy atom. The number of hydrogen-bond donors (Lipinski definition) is 2. The van der Waals surface area contributed by atoms with E-state index in [9.17, 15) is 13.6 Å². The minimum Gasteiger partial charge on any atom is -0.434 e. The highest BCUT2D eigenvalue weighted by Crippen LogP contribution is 2.27. The van der Waals surface area contributed by atoms with Crippen LogP contribution in [-0.2, 0) is 11.3 Å². The Morgan fingerprint density at radius 3 is 2.77 bits per heavy atom. The second-order valence-corrected chi connectivity index (χ2v) is 5.90. The molecular formula is C14H18BrClF2N2O2. The quantitative estimate of drug-likeness (QED) is 0.706. The van der Waals surface area contributed by atoms with Crippen LogP contribution in [0.3, 0.4) is 0 Å². The average Bonchev–Trinajstić information content (AvgIpc) is 3.22. The van der Waals surface area contributed by atoms with Gasteiger partial charge in [-0.25, -0.2) is 0 Å². The number of carbonyl (C=O) groups is 1. The number of rotatable bonds is 8. The van der Waals surface area contributed by atoms with Gasteiger partial charge in [0.2, 0.25) is 5.91 Å². The van der Waals surface area contributed by atoms with E-state index in [-0.39, 0.29) is 37.2 Å². The average molecular weight is 400 g/mol. The van der Waals surface area contributed by atoms with Crippen LogP contribution in [-0.4, -0.2) is 25.6 Å². The van der Waals surface area contributed by atoms with Crippen molar-refractivity contribution in [3.8, 4) is 5.75 Å². The molecule has 4 nitrogen and oxygen atoms in total. The first-order chi connectivity index (χ1) is 10.0. The van der Waals surface area contributed by atoms with Gasteiger partial charge in [0.25, 0.3) is 0 Å². The lowest BCUT2D eigenvalue weighted by molar-refractivity contribution is -0.120. The van der Waals surface area contributed by atoms with Crippen LogP contribution in [0.5, 0.6) is 5.75 Å². The van der Waals surface area contributed by atoms with Gasteiger partial charge >= 0.3 is 6.61 Å². The molecule has 0 aliphatic heterocycles. The fourth-order valence-corrected chi connectivity index (χ4v) is 2.27. The minimum atomic E-state index is -2.89. The van der Waals surface area contributed by atoms with Gasteiger partial charge in [0, 0.05) is 16.6 Å². The van der Waals surface area contributed by atoms with Crippen LogP contribution in [0.4, 0.5) is 8.78 Å². The summed E-state index contributed by atoms with van der Waals surface area (Å²) in [6.45, 7) is -1.66. The minimum absolute atomic E-state index is 0. The smallest absolute Gasteiger partial charge is 0.387 e. The molecule has 8 heteroatoms. The highest BCUT2D eigenvalue weighted by atomic mass is 79.9. The number of halogens is 4. The summed E-state index contributed by atoms with van der Waals surface area (Å²) in [4.78, 5) is 11.7. The SMILES string of the molecule is Cl.O=C(CNCC1CC1)NCc1cc(Br)ccc1OC(F)F. The molecule has 0 saturated heterocycles. The molecule has 1 saturated carbocycles. The maximum atomic E-state index is 12.3. The van der Waals surface area contributed by atoms with E-state index in [1.807, 2.05) is 0 Å². The summed E-state index contributed by atoms with van der Waals surface area (Å²) in [7, 11) is 0. The van der Waals surface area contributed by atoms with Crippen molar-refractivity contribution in [2.24, 2.45) is 5.92 Å². The molecule has 0 bridgehead atoms. The molecule has 0 aromatic heterocycles. The molecule has 1 aliphatic carbocycles. The van der Waals surface area contributed by atoms with Crippen LogP contribution in [0.1, 0.15) is 18.4 Å². The molecule has 0 spiro atoms. The van der Waals surface area contributed by atoms with Crippen LogP contribution < -0.4 is 15.4 Å². The summed E-state index contributed by atoms with van der Waals surface area (Å²) in [6.07, 6.45) is 2.45. The van der Waals surface area contributed by atoms with Crippen LogP contribution in [0, 0.1) is 5.92 Å². The van der Waals surface area contributed by atoms with Crippen molar-refractivity contribution in [2.45, 2.75) is 26.0 Å². The monoisotopic (exact) mass is 398 g/mol. The molecule has 0 atom stereocenters. The molecule has 2 N–H and O–H groups in total. The number of nitrogens with one attached hydrogen (secondary N) is 2. The third-order valence-corrected chi connectivity index (χ3v) is 3.62. The molecule has 1 aromatic rings. The predicted molar refractivity (Wildman–Crippen MR) is 85.5 cm³/mol. The van der Waals surface area contributed by atoms with Crippen molar-refractivity contribution >= 4 is 34.2 Å². The molecule has 124 valence electrons. The van der Waals surface area contributed by atoms with Gasteiger partial charge in [-0.15, -0.1) is 12.4 Å². The normalized spacial score (nSPS) is 13.6. The zero-order valence-corrected chi connectivity index (χ0v) is 14.2. The highest BCUT2D eigenvalue weighted by Gasteiger charge is 2.20. The van der Waals surface area contributed by atoms with Gasteiger partial charge in [-0.3, -0.25) is 4.79 Å². The maximum Gasteiger partial charge on any atom is 0.387 e. The number of ether oxygens (including phenoxy) is 1. The second-order valence-electron chi connectivity index (χ2n) is 4.98. The molecular weight excluding hydrogens is 382 g/mol. The first-order valence-electron chi connectivity index (χ1n) is 6.75. The lowest BCUT2D eigenvalue weighted by Gasteiger charge is -2.12. The van der Waals surface area contributed by atoms with Gasteiger partial charge in [-0.2, -0.15) is 8.78 Å². The lowest BCUT2D eigenvalue weighted by Crippen LogP contribution is -2.34. The topological polar surface area (TPSA) is 50.4 Å². The van der Waals surface area contributed by atoms with Crippen molar-refractivity contribution in [1.29, 1.82) is 0 Å². The van der Waals surface area contributed by atoms with Crippen LogP contribution in [0.15, 0.2) is 22.7 Å². The zero-order chi connectivity index (χ0) is 15.2. The van der Waals surface area contributed by atoms with Crippen molar-refractivity contribution in [1.82, 2.24) is 10.6 Å². The number of alkyl halides is 2. The number of carbonyl (C=O) groups excluding carboxylic acids is 1. The highest BCUT2D eigenvalue weighted by molar-refractivity contribution is 9.10. The van der Waals surface area contributed by atoms with E-state index in [4.69, 9.17) is 0 Å². The van der Waals surface area contributed by atoms with E-state index in [0.717, 1.165) is 11.0 Å². The first kappa shape index (κ1) is 19.1. The lowest BCUT2D eigenvalue weighted by atomic mass is 10.2. The van der Waals surface area contributed by atoms with Gasteiger partial charge in [0.1, 0.15) is 5.75 Å². The molecule has 22 heavy (non-hydrogen) atoms. The van der Waals surface area contributed by atoms with E-state index in [1.165, 1.54) is 18.9 Å².